The lowest BCUT2D eigenvalue weighted by atomic mass is 10.0. The van der Waals surface area contributed by atoms with Crippen LogP contribution in [0.1, 0.15) is 40.7 Å². The number of anilines is 1. The van der Waals surface area contributed by atoms with Crippen molar-refractivity contribution >= 4 is 27.5 Å². The van der Waals surface area contributed by atoms with Crippen LogP contribution in [-0.2, 0) is 27.7 Å². The van der Waals surface area contributed by atoms with E-state index in [2.05, 4.69) is 15.2 Å². The van der Waals surface area contributed by atoms with Crippen LogP contribution in [0.4, 0.5) is 5.82 Å². The molecule has 2 aromatic rings. The fourth-order valence-corrected chi connectivity index (χ4v) is 5.73. The normalized spacial score (nSPS) is 16.4. The number of fused-ring (bicyclic) bond motifs is 1. The lowest BCUT2D eigenvalue weighted by Gasteiger charge is -2.34. The minimum absolute atomic E-state index is 0.0364. The molecule has 0 spiro atoms. The van der Waals surface area contributed by atoms with Crippen LogP contribution in [0.25, 0.3) is 0 Å². The maximum absolute atomic E-state index is 12.6. The predicted octanol–water partition coefficient (Wildman–Crippen LogP) is 1.80. The van der Waals surface area contributed by atoms with E-state index in [1.165, 1.54) is 15.4 Å². The van der Waals surface area contributed by atoms with Crippen molar-refractivity contribution in [1.82, 2.24) is 14.6 Å². The molecular formula is C24H30N4O4S. The number of hydrogen-bond acceptors (Lipinski definition) is 6. The topological polar surface area (TPSA) is 99.7 Å². The lowest BCUT2D eigenvalue weighted by molar-refractivity contribution is -0.120. The Balaban J connectivity index is 1.17. The molecule has 1 aromatic heterocycles. The van der Waals surface area contributed by atoms with E-state index in [-0.39, 0.29) is 36.8 Å². The van der Waals surface area contributed by atoms with Crippen molar-refractivity contribution < 1.29 is 18.0 Å². The van der Waals surface area contributed by atoms with Crippen LogP contribution < -0.4 is 10.2 Å². The number of ketones is 1. The lowest BCUT2D eigenvalue weighted by Crippen LogP contribution is -2.50. The summed E-state index contributed by atoms with van der Waals surface area (Å²) in [6.07, 6.45) is 5.09. The second-order valence-electron chi connectivity index (χ2n) is 8.50. The number of nitrogens with zero attached hydrogens (tertiary/aromatic N) is 3. The standard InChI is InChI=1S/C24H30N4O4S/c29-22(21-8-7-19-4-3-5-20(19)18-21)9-10-24(30)26-12-17-33(31,32)28-15-13-27(14-16-28)23-6-1-2-11-25-23/h1-2,6-8,11,18H,3-5,9-10,12-17H2,(H,26,30). The summed E-state index contributed by atoms with van der Waals surface area (Å²) in [5.41, 5.74) is 3.19. The third-order valence-electron chi connectivity index (χ3n) is 6.29. The number of carbonyl (C=O) groups excluding carboxylic acids is 2. The molecule has 1 fully saturated rings. The molecule has 1 saturated heterocycles. The molecule has 0 unspecified atom stereocenters. The van der Waals surface area contributed by atoms with Gasteiger partial charge in [0.2, 0.25) is 15.9 Å². The maximum Gasteiger partial charge on any atom is 0.220 e. The molecule has 2 heterocycles. The number of benzene rings is 1. The highest BCUT2D eigenvalue weighted by Gasteiger charge is 2.27. The number of carbonyl (C=O) groups is 2. The highest BCUT2D eigenvalue weighted by Crippen LogP contribution is 2.23. The molecule has 0 bridgehead atoms. The zero-order chi connectivity index (χ0) is 23.3. The van der Waals surface area contributed by atoms with Gasteiger partial charge in [0, 0.05) is 57.3 Å². The first-order chi connectivity index (χ1) is 15.9. The zero-order valence-corrected chi connectivity index (χ0v) is 19.5. The minimum Gasteiger partial charge on any atom is -0.355 e. The Bertz CT molecular complexity index is 1100. The van der Waals surface area contributed by atoms with Crippen molar-refractivity contribution in [2.75, 3.05) is 43.4 Å². The number of hydrogen-bond donors (Lipinski definition) is 1. The van der Waals surface area contributed by atoms with Gasteiger partial charge in [0.1, 0.15) is 5.82 Å². The number of piperazine rings is 1. The van der Waals surface area contributed by atoms with Gasteiger partial charge in [-0.25, -0.2) is 13.4 Å². The molecule has 1 aliphatic carbocycles. The largest absolute Gasteiger partial charge is 0.355 e. The number of amides is 1. The van der Waals surface area contributed by atoms with Crippen molar-refractivity contribution in [2.24, 2.45) is 0 Å². The van der Waals surface area contributed by atoms with E-state index < -0.39 is 10.0 Å². The molecule has 176 valence electrons. The van der Waals surface area contributed by atoms with Gasteiger partial charge in [0.05, 0.1) is 5.75 Å². The summed E-state index contributed by atoms with van der Waals surface area (Å²) in [6.45, 7) is 1.97. The first-order valence-electron chi connectivity index (χ1n) is 11.5. The van der Waals surface area contributed by atoms with Crippen molar-refractivity contribution in [3.8, 4) is 0 Å². The van der Waals surface area contributed by atoms with Gasteiger partial charge in [-0.2, -0.15) is 4.31 Å². The fourth-order valence-electron chi connectivity index (χ4n) is 4.39. The van der Waals surface area contributed by atoms with Gasteiger partial charge in [-0.15, -0.1) is 0 Å². The van der Waals surface area contributed by atoms with E-state index in [1.54, 1.807) is 6.20 Å². The molecular weight excluding hydrogens is 440 g/mol. The number of aryl methyl sites for hydroxylation is 2. The van der Waals surface area contributed by atoms with E-state index in [0.717, 1.165) is 25.1 Å². The molecule has 8 nitrogen and oxygen atoms in total. The minimum atomic E-state index is -3.46. The van der Waals surface area contributed by atoms with Gasteiger partial charge in [-0.3, -0.25) is 9.59 Å². The monoisotopic (exact) mass is 470 g/mol. The molecule has 0 radical (unpaired) electrons. The SMILES string of the molecule is O=C(CCC(=O)c1ccc2c(c1)CCC2)NCCS(=O)(=O)N1CCN(c2ccccn2)CC1. The molecule has 33 heavy (non-hydrogen) atoms. The Kier molecular flexibility index (Phi) is 7.39. The van der Waals surface area contributed by atoms with Crippen LogP contribution in [0.15, 0.2) is 42.6 Å². The van der Waals surface area contributed by atoms with Gasteiger partial charge in [-0.05, 0) is 48.6 Å². The van der Waals surface area contributed by atoms with Crippen molar-refractivity contribution in [2.45, 2.75) is 32.1 Å². The van der Waals surface area contributed by atoms with E-state index in [9.17, 15) is 18.0 Å². The van der Waals surface area contributed by atoms with Crippen LogP contribution in [0.3, 0.4) is 0 Å². The molecule has 2 aliphatic rings. The average molecular weight is 471 g/mol. The molecule has 0 atom stereocenters. The average Bonchev–Trinajstić information content (AvgIpc) is 3.31. The molecule has 1 amide bonds. The maximum atomic E-state index is 12.6. The highest BCUT2D eigenvalue weighted by atomic mass is 32.2. The third-order valence-corrected chi connectivity index (χ3v) is 8.16. The second kappa shape index (κ2) is 10.4. The van der Waals surface area contributed by atoms with Gasteiger partial charge in [-0.1, -0.05) is 18.2 Å². The first-order valence-corrected chi connectivity index (χ1v) is 13.1. The molecule has 9 heteroatoms. The summed E-state index contributed by atoms with van der Waals surface area (Å²) in [5.74, 6) is 0.329. The Hall–Kier alpha value is -2.78. The van der Waals surface area contributed by atoms with Gasteiger partial charge in [0.25, 0.3) is 0 Å². The van der Waals surface area contributed by atoms with E-state index in [1.807, 2.05) is 36.4 Å². The van der Waals surface area contributed by atoms with Crippen molar-refractivity contribution in [3.63, 3.8) is 0 Å². The molecule has 1 aliphatic heterocycles. The Morgan fingerprint density at radius 3 is 2.52 bits per heavy atom. The van der Waals surface area contributed by atoms with Crippen molar-refractivity contribution in [3.05, 3.63) is 59.3 Å². The molecule has 4 rings (SSSR count). The summed E-state index contributed by atoms with van der Waals surface area (Å²) in [4.78, 5) is 30.9. The summed E-state index contributed by atoms with van der Waals surface area (Å²) >= 11 is 0. The smallest absolute Gasteiger partial charge is 0.220 e. The number of sulfonamides is 1. The van der Waals surface area contributed by atoms with E-state index in [4.69, 9.17) is 0 Å². The van der Waals surface area contributed by atoms with Crippen molar-refractivity contribution in [1.29, 1.82) is 0 Å². The number of pyridine rings is 1. The van der Waals surface area contributed by atoms with E-state index >= 15 is 0 Å². The van der Waals surface area contributed by atoms with Gasteiger partial charge >= 0.3 is 0 Å². The van der Waals surface area contributed by atoms with Crippen LogP contribution >= 0.6 is 0 Å². The number of Topliss-reactive ketones (excluding diaryl/α,β-unsaturated/α-hetero) is 1. The Morgan fingerprint density at radius 1 is 0.970 bits per heavy atom. The fraction of sp³-hybridized carbons (Fsp3) is 0.458. The molecule has 1 N–H and O–H groups in total. The predicted molar refractivity (Wildman–Crippen MR) is 127 cm³/mol. The highest BCUT2D eigenvalue weighted by molar-refractivity contribution is 7.89. The first kappa shape index (κ1) is 23.4. The third kappa shape index (κ3) is 5.97. The number of nitrogens with one attached hydrogen (secondary N) is 1. The summed E-state index contributed by atoms with van der Waals surface area (Å²) in [7, 11) is -3.46. The second-order valence-corrected chi connectivity index (χ2v) is 10.6. The summed E-state index contributed by atoms with van der Waals surface area (Å²) < 4.78 is 26.7. The summed E-state index contributed by atoms with van der Waals surface area (Å²) in [5, 5.41) is 2.64. The van der Waals surface area contributed by atoms with E-state index in [0.29, 0.717) is 31.7 Å². The summed E-state index contributed by atoms with van der Waals surface area (Å²) in [6, 6.07) is 11.5. The quantitative estimate of drug-likeness (QED) is 0.561. The van der Waals surface area contributed by atoms with Gasteiger partial charge in [0.15, 0.2) is 5.78 Å². The van der Waals surface area contributed by atoms with Crippen LogP contribution in [0, 0.1) is 0 Å². The molecule has 1 aromatic carbocycles. The van der Waals surface area contributed by atoms with Crippen LogP contribution in [0.2, 0.25) is 0 Å². The number of rotatable bonds is 9. The Labute approximate surface area is 195 Å². The van der Waals surface area contributed by atoms with Crippen LogP contribution in [-0.4, -0.2) is 67.9 Å². The van der Waals surface area contributed by atoms with Gasteiger partial charge < -0.3 is 10.2 Å². The zero-order valence-electron chi connectivity index (χ0n) is 18.7. The number of aromatic nitrogens is 1. The van der Waals surface area contributed by atoms with Crippen LogP contribution in [0.5, 0.6) is 0 Å². The molecule has 0 saturated carbocycles. The Morgan fingerprint density at radius 2 is 1.76 bits per heavy atom.